The third-order valence-corrected chi connectivity index (χ3v) is 4.59. The van der Waals surface area contributed by atoms with Gasteiger partial charge in [-0.2, -0.15) is 18.2 Å². The van der Waals surface area contributed by atoms with Gasteiger partial charge >= 0.3 is 6.18 Å². The Morgan fingerprint density at radius 1 is 1.20 bits per heavy atom. The molecule has 0 fully saturated rings. The number of hydrogen-bond acceptors (Lipinski definition) is 6. The molecule has 1 aromatic carbocycles. The summed E-state index contributed by atoms with van der Waals surface area (Å²) in [4.78, 5) is 24.8. The molecule has 1 aliphatic rings. The number of carbonyl (C=O) groups excluding carboxylic acids is 1. The Hall–Kier alpha value is -3.69. The SMILES string of the molecule is CN(Cc1ccncc1)c1nc(Nc2ccc3c(c2)CC(=O)N3)ncc1C(F)(F)F. The van der Waals surface area contributed by atoms with E-state index in [1.165, 1.54) is 11.9 Å². The standard InChI is InChI=1S/C20H17F3N6O/c1-29(11-12-4-6-24-7-5-12)18-15(20(21,22)23)10-25-19(28-18)26-14-2-3-16-13(8-14)9-17(30)27-16/h2-8,10H,9,11H2,1H3,(H,27,30)(H,25,26,28). The van der Waals surface area contributed by atoms with Crippen molar-refractivity contribution in [2.75, 3.05) is 22.6 Å². The number of benzene rings is 1. The van der Waals surface area contributed by atoms with E-state index in [9.17, 15) is 18.0 Å². The highest BCUT2D eigenvalue weighted by Crippen LogP contribution is 2.36. The molecule has 2 aromatic heterocycles. The van der Waals surface area contributed by atoms with Gasteiger partial charge in [0.15, 0.2) is 0 Å². The van der Waals surface area contributed by atoms with E-state index in [0.29, 0.717) is 5.69 Å². The van der Waals surface area contributed by atoms with Crippen molar-refractivity contribution in [3.05, 3.63) is 65.6 Å². The van der Waals surface area contributed by atoms with Gasteiger partial charge in [0.1, 0.15) is 11.4 Å². The average Bonchev–Trinajstić information content (AvgIpc) is 3.07. The van der Waals surface area contributed by atoms with Crippen LogP contribution in [0.5, 0.6) is 0 Å². The van der Waals surface area contributed by atoms with Crippen LogP contribution in [0.25, 0.3) is 0 Å². The number of anilines is 4. The summed E-state index contributed by atoms with van der Waals surface area (Å²) < 4.78 is 40.6. The van der Waals surface area contributed by atoms with Crippen molar-refractivity contribution in [1.29, 1.82) is 0 Å². The minimum Gasteiger partial charge on any atom is -0.355 e. The second kappa shape index (κ2) is 7.62. The van der Waals surface area contributed by atoms with Gasteiger partial charge in [-0.15, -0.1) is 0 Å². The summed E-state index contributed by atoms with van der Waals surface area (Å²) in [6.45, 7) is 0.217. The van der Waals surface area contributed by atoms with Crippen molar-refractivity contribution in [2.45, 2.75) is 19.1 Å². The summed E-state index contributed by atoms with van der Waals surface area (Å²) in [6, 6.07) is 8.62. The van der Waals surface area contributed by atoms with Crippen molar-refractivity contribution in [1.82, 2.24) is 15.0 Å². The van der Waals surface area contributed by atoms with Crippen LogP contribution in [0.3, 0.4) is 0 Å². The fourth-order valence-electron chi connectivity index (χ4n) is 3.20. The lowest BCUT2D eigenvalue weighted by Gasteiger charge is -2.22. The van der Waals surface area contributed by atoms with Crippen LogP contribution >= 0.6 is 0 Å². The minimum atomic E-state index is -4.60. The first-order valence-electron chi connectivity index (χ1n) is 9.03. The van der Waals surface area contributed by atoms with Crippen molar-refractivity contribution >= 4 is 29.0 Å². The van der Waals surface area contributed by atoms with Crippen LogP contribution in [0.2, 0.25) is 0 Å². The van der Waals surface area contributed by atoms with Gasteiger partial charge in [-0.05, 0) is 41.5 Å². The van der Waals surface area contributed by atoms with Crippen LogP contribution in [0.4, 0.5) is 36.3 Å². The molecule has 0 spiro atoms. The number of amides is 1. The summed E-state index contributed by atoms with van der Waals surface area (Å²) >= 11 is 0. The third kappa shape index (κ3) is 4.17. The maximum atomic E-state index is 13.5. The summed E-state index contributed by atoms with van der Waals surface area (Å²) in [5.41, 5.74) is 1.97. The predicted octanol–water partition coefficient (Wildman–Crippen LogP) is 3.77. The molecule has 3 heterocycles. The monoisotopic (exact) mass is 414 g/mol. The molecule has 0 unspecified atom stereocenters. The predicted molar refractivity (Wildman–Crippen MR) is 105 cm³/mol. The Bertz CT molecular complexity index is 1090. The minimum absolute atomic E-state index is 0.0248. The molecule has 0 saturated carbocycles. The number of carbonyl (C=O) groups is 1. The Morgan fingerprint density at radius 3 is 2.70 bits per heavy atom. The Kier molecular flexibility index (Phi) is 4.98. The van der Waals surface area contributed by atoms with Crippen LogP contribution in [0.15, 0.2) is 48.9 Å². The van der Waals surface area contributed by atoms with E-state index in [4.69, 9.17) is 0 Å². The van der Waals surface area contributed by atoms with E-state index >= 15 is 0 Å². The molecular weight excluding hydrogens is 397 g/mol. The lowest BCUT2D eigenvalue weighted by Crippen LogP contribution is -2.23. The fourth-order valence-corrected chi connectivity index (χ4v) is 3.20. The molecule has 1 aliphatic heterocycles. The van der Waals surface area contributed by atoms with E-state index in [-0.39, 0.29) is 30.6 Å². The van der Waals surface area contributed by atoms with E-state index in [1.54, 1.807) is 42.7 Å². The summed E-state index contributed by atoms with van der Waals surface area (Å²) in [5, 5.41) is 5.65. The number of fused-ring (bicyclic) bond motifs is 1. The van der Waals surface area contributed by atoms with Crippen LogP contribution in [-0.2, 0) is 23.9 Å². The number of hydrogen-bond donors (Lipinski definition) is 2. The normalized spacial score (nSPS) is 13.0. The average molecular weight is 414 g/mol. The van der Waals surface area contributed by atoms with Crippen LogP contribution in [-0.4, -0.2) is 27.9 Å². The molecule has 0 atom stereocenters. The zero-order valence-corrected chi connectivity index (χ0v) is 15.9. The topological polar surface area (TPSA) is 83.0 Å². The fraction of sp³-hybridized carbons (Fsp3) is 0.200. The molecule has 10 heteroatoms. The van der Waals surface area contributed by atoms with Crippen molar-refractivity contribution in [3.63, 3.8) is 0 Å². The number of pyridine rings is 1. The van der Waals surface area contributed by atoms with E-state index in [1.807, 2.05) is 0 Å². The Morgan fingerprint density at radius 2 is 1.97 bits per heavy atom. The van der Waals surface area contributed by atoms with Crippen LogP contribution in [0, 0.1) is 0 Å². The van der Waals surface area contributed by atoms with E-state index in [0.717, 1.165) is 23.0 Å². The largest absolute Gasteiger partial charge is 0.421 e. The highest BCUT2D eigenvalue weighted by Gasteiger charge is 2.36. The molecule has 1 amide bonds. The molecule has 0 saturated heterocycles. The highest BCUT2D eigenvalue weighted by atomic mass is 19.4. The summed E-state index contributed by atoms with van der Waals surface area (Å²) in [5.74, 6) is -0.320. The maximum absolute atomic E-state index is 13.5. The molecule has 0 aliphatic carbocycles. The Balaban J connectivity index is 1.63. The van der Waals surface area contributed by atoms with Gasteiger partial charge < -0.3 is 15.5 Å². The number of nitrogens with one attached hydrogen (secondary N) is 2. The number of nitrogens with zero attached hydrogens (tertiary/aromatic N) is 4. The van der Waals surface area contributed by atoms with Gasteiger partial charge in [-0.3, -0.25) is 9.78 Å². The first kappa shape index (κ1) is 19.6. The molecule has 154 valence electrons. The van der Waals surface area contributed by atoms with Gasteiger partial charge in [0.05, 0.1) is 6.42 Å². The second-order valence-electron chi connectivity index (χ2n) is 6.86. The third-order valence-electron chi connectivity index (χ3n) is 4.59. The highest BCUT2D eigenvalue weighted by molar-refractivity contribution is 5.99. The zero-order chi connectivity index (χ0) is 21.3. The first-order valence-corrected chi connectivity index (χ1v) is 9.03. The molecule has 7 nitrogen and oxygen atoms in total. The van der Waals surface area contributed by atoms with Crippen LogP contribution in [0.1, 0.15) is 16.7 Å². The number of rotatable bonds is 5. The zero-order valence-electron chi connectivity index (χ0n) is 15.9. The molecule has 4 rings (SSSR count). The number of alkyl halides is 3. The van der Waals surface area contributed by atoms with Crippen molar-refractivity contribution in [3.8, 4) is 0 Å². The first-order chi connectivity index (χ1) is 14.3. The number of aromatic nitrogens is 3. The lowest BCUT2D eigenvalue weighted by atomic mass is 10.1. The lowest BCUT2D eigenvalue weighted by molar-refractivity contribution is -0.137. The van der Waals surface area contributed by atoms with Gasteiger partial charge in [0, 0.05) is 43.6 Å². The molecule has 3 aromatic rings. The van der Waals surface area contributed by atoms with Gasteiger partial charge in [-0.25, -0.2) is 4.98 Å². The second-order valence-corrected chi connectivity index (χ2v) is 6.86. The van der Waals surface area contributed by atoms with Crippen molar-refractivity contribution < 1.29 is 18.0 Å². The van der Waals surface area contributed by atoms with Crippen molar-refractivity contribution in [2.24, 2.45) is 0 Å². The molecule has 0 radical (unpaired) electrons. The smallest absolute Gasteiger partial charge is 0.355 e. The Labute approximate surface area is 170 Å². The van der Waals surface area contributed by atoms with Gasteiger partial charge in [0.25, 0.3) is 0 Å². The summed E-state index contributed by atoms with van der Waals surface area (Å²) in [7, 11) is 1.54. The summed E-state index contributed by atoms with van der Waals surface area (Å²) in [6.07, 6.45) is -0.423. The quantitative estimate of drug-likeness (QED) is 0.662. The van der Waals surface area contributed by atoms with Gasteiger partial charge in [-0.1, -0.05) is 0 Å². The van der Waals surface area contributed by atoms with E-state index < -0.39 is 11.7 Å². The van der Waals surface area contributed by atoms with E-state index in [2.05, 4.69) is 25.6 Å². The molecule has 30 heavy (non-hydrogen) atoms. The van der Waals surface area contributed by atoms with Crippen LogP contribution < -0.4 is 15.5 Å². The maximum Gasteiger partial charge on any atom is 0.421 e. The molecule has 2 N–H and O–H groups in total. The van der Waals surface area contributed by atoms with Gasteiger partial charge in [0.2, 0.25) is 11.9 Å². The molecule has 0 bridgehead atoms. The number of halogens is 3. The molecular formula is C20H17F3N6O.